The number of alkyl halides is 4. The van der Waals surface area contributed by atoms with E-state index in [2.05, 4.69) is 15.3 Å². The SMILES string of the molecule is CC(C)c1cc(-c2cc(F)c(NS(=O)(=O)CCC(F)(F)F)c(F)c2)cc2cnc(N[C@H]3CC[C@H](N(C)C)C(F)C3)nc12. The van der Waals surface area contributed by atoms with Crippen LogP contribution in [0.1, 0.15) is 51.0 Å². The summed E-state index contributed by atoms with van der Waals surface area (Å²) >= 11 is 0. The topological polar surface area (TPSA) is 87.2 Å². The molecule has 2 N–H and O–H groups in total. The lowest BCUT2D eigenvalue weighted by Crippen LogP contribution is -2.44. The van der Waals surface area contributed by atoms with E-state index >= 15 is 0 Å². The molecule has 3 atom stereocenters. The van der Waals surface area contributed by atoms with Crippen LogP contribution in [0.3, 0.4) is 0 Å². The van der Waals surface area contributed by atoms with Crippen molar-refractivity contribution in [3.05, 3.63) is 47.7 Å². The molecule has 42 heavy (non-hydrogen) atoms. The lowest BCUT2D eigenvalue weighted by Gasteiger charge is -2.35. The van der Waals surface area contributed by atoms with Gasteiger partial charge in [0.15, 0.2) is 11.6 Å². The van der Waals surface area contributed by atoms with Crippen molar-refractivity contribution in [2.24, 2.45) is 0 Å². The Morgan fingerprint density at radius 2 is 1.69 bits per heavy atom. The maximum absolute atomic E-state index is 14.9. The molecule has 4 rings (SSSR count). The van der Waals surface area contributed by atoms with Crippen molar-refractivity contribution >= 4 is 32.6 Å². The molecular formula is C28H33F6N5O2S. The van der Waals surface area contributed by atoms with Gasteiger partial charge in [0, 0.05) is 30.1 Å². The summed E-state index contributed by atoms with van der Waals surface area (Å²) in [6.45, 7) is 3.84. The fraction of sp³-hybridized carbons (Fsp3) is 0.500. The van der Waals surface area contributed by atoms with Crippen molar-refractivity contribution in [3.8, 4) is 11.1 Å². The van der Waals surface area contributed by atoms with Crippen LogP contribution in [-0.2, 0) is 10.0 Å². The largest absolute Gasteiger partial charge is 0.390 e. The van der Waals surface area contributed by atoms with Crippen molar-refractivity contribution < 1.29 is 34.8 Å². The van der Waals surface area contributed by atoms with E-state index in [1.807, 2.05) is 32.8 Å². The highest BCUT2D eigenvalue weighted by Crippen LogP contribution is 2.35. The smallest absolute Gasteiger partial charge is 0.351 e. The summed E-state index contributed by atoms with van der Waals surface area (Å²) in [5.74, 6) is -3.65. The van der Waals surface area contributed by atoms with E-state index in [4.69, 9.17) is 0 Å². The monoisotopic (exact) mass is 617 g/mol. The second-order valence-electron chi connectivity index (χ2n) is 11.2. The van der Waals surface area contributed by atoms with Crippen molar-refractivity contribution in [2.45, 2.75) is 69.9 Å². The van der Waals surface area contributed by atoms with Gasteiger partial charge in [-0.2, -0.15) is 13.2 Å². The summed E-state index contributed by atoms with van der Waals surface area (Å²) in [5, 5.41) is 3.82. The molecule has 1 aliphatic rings. The number of benzene rings is 2. The van der Waals surface area contributed by atoms with Crippen molar-refractivity contribution in [2.75, 3.05) is 29.9 Å². The first-order chi connectivity index (χ1) is 19.5. The van der Waals surface area contributed by atoms with Crippen LogP contribution in [0.4, 0.5) is 38.0 Å². The molecule has 1 heterocycles. The van der Waals surface area contributed by atoms with E-state index in [-0.39, 0.29) is 23.6 Å². The first-order valence-corrected chi connectivity index (χ1v) is 15.1. The molecule has 0 spiro atoms. The molecule has 3 aromatic rings. The first-order valence-electron chi connectivity index (χ1n) is 13.5. The highest BCUT2D eigenvalue weighted by atomic mass is 32.2. The van der Waals surface area contributed by atoms with Gasteiger partial charge < -0.3 is 10.2 Å². The van der Waals surface area contributed by atoms with Crippen LogP contribution in [0, 0.1) is 11.6 Å². The number of fused-ring (bicyclic) bond motifs is 1. The molecule has 0 aliphatic heterocycles. The van der Waals surface area contributed by atoms with Gasteiger partial charge in [-0.05, 0) is 73.8 Å². The summed E-state index contributed by atoms with van der Waals surface area (Å²) in [6.07, 6.45) is -4.05. The fourth-order valence-corrected chi connectivity index (χ4v) is 6.25. The van der Waals surface area contributed by atoms with Gasteiger partial charge in [0.25, 0.3) is 0 Å². The molecule has 230 valence electrons. The van der Waals surface area contributed by atoms with Gasteiger partial charge in [-0.15, -0.1) is 0 Å². The fourth-order valence-electron chi connectivity index (χ4n) is 5.14. The maximum Gasteiger partial charge on any atom is 0.390 e. The molecule has 1 aromatic heterocycles. The number of hydrogen-bond acceptors (Lipinski definition) is 6. The Balaban J connectivity index is 1.60. The van der Waals surface area contributed by atoms with E-state index in [0.29, 0.717) is 35.3 Å². The number of nitrogens with zero attached hydrogens (tertiary/aromatic N) is 3. The number of hydrogen-bond donors (Lipinski definition) is 2. The van der Waals surface area contributed by atoms with Gasteiger partial charge in [0.05, 0.1) is 17.7 Å². The minimum absolute atomic E-state index is 0.0599. The zero-order chi connectivity index (χ0) is 31.0. The van der Waals surface area contributed by atoms with Gasteiger partial charge in [0.2, 0.25) is 16.0 Å². The Bertz CT molecular complexity index is 1520. The van der Waals surface area contributed by atoms with Crippen LogP contribution in [-0.4, -0.2) is 67.6 Å². The zero-order valence-corrected chi connectivity index (χ0v) is 24.4. The van der Waals surface area contributed by atoms with Crippen LogP contribution in [0.2, 0.25) is 0 Å². The summed E-state index contributed by atoms with van der Waals surface area (Å²) in [6, 6.07) is 4.89. The van der Waals surface area contributed by atoms with Crippen LogP contribution in [0.25, 0.3) is 22.0 Å². The third kappa shape index (κ3) is 7.63. The van der Waals surface area contributed by atoms with Crippen LogP contribution in [0.15, 0.2) is 30.5 Å². The third-order valence-electron chi connectivity index (χ3n) is 7.36. The molecule has 1 saturated carbocycles. The molecule has 1 aliphatic carbocycles. The van der Waals surface area contributed by atoms with Gasteiger partial charge in [-0.1, -0.05) is 13.8 Å². The van der Waals surface area contributed by atoms with Crippen LogP contribution in [0.5, 0.6) is 0 Å². The van der Waals surface area contributed by atoms with Crippen molar-refractivity contribution in [1.82, 2.24) is 14.9 Å². The Hall–Kier alpha value is -3.13. The van der Waals surface area contributed by atoms with Gasteiger partial charge in [0.1, 0.15) is 11.9 Å². The predicted molar refractivity (Wildman–Crippen MR) is 151 cm³/mol. The lowest BCUT2D eigenvalue weighted by molar-refractivity contribution is -0.129. The predicted octanol–water partition coefficient (Wildman–Crippen LogP) is 6.63. The van der Waals surface area contributed by atoms with Gasteiger partial charge >= 0.3 is 6.18 Å². The minimum atomic E-state index is -4.75. The number of sulfonamides is 1. The number of aromatic nitrogens is 2. The van der Waals surface area contributed by atoms with Crippen LogP contribution < -0.4 is 10.0 Å². The summed E-state index contributed by atoms with van der Waals surface area (Å²) in [4.78, 5) is 10.9. The Labute approximate surface area is 240 Å². The average Bonchev–Trinajstić information content (AvgIpc) is 2.88. The normalized spacial score (nSPS) is 20.0. The van der Waals surface area contributed by atoms with Gasteiger partial charge in [-0.25, -0.2) is 31.6 Å². The van der Waals surface area contributed by atoms with E-state index in [9.17, 15) is 34.8 Å². The third-order valence-corrected chi connectivity index (χ3v) is 8.61. The average molecular weight is 618 g/mol. The molecule has 0 amide bonds. The molecule has 14 heteroatoms. The molecule has 0 saturated heterocycles. The number of halogens is 6. The van der Waals surface area contributed by atoms with E-state index in [1.165, 1.54) is 0 Å². The zero-order valence-electron chi connectivity index (χ0n) is 23.6. The number of anilines is 2. The van der Waals surface area contributed by atoms with Crippen LogP contribution >= 0.6 is 0 Å². The molecular weight excluding hydrogens is 584 g/mol. The van der Waals surface area contributed by atoms with Crippen molar-refractivity contribution in [3.63, 3.8) is 0 Å². The van der Waals surface area contributed by atoms with E-state index in [1.54, 1.807) is 23.1 Å². The summed E-state index contributed by atoms with van der Waals surface area (Å²) < 4.78 is 107. The number of rotatable bonds is 9. The first kappa shape index (κ1) is 31.8. The molecule has 7 nitrogen and oxygen atoms in total. The Morgan fingerprint density at radius 3 is 2.26 bits per heavy atom. The van der Waals surface area contributed by atoms with E-state index < -0.39 is 51.9 Å². The standard InChI is InChI=1S/C28H33F6N5O2S/c1-15(2)20-10-16(17-11-22(30)26(23(31)12-17)38-42(40,41)8-7-28(32,33)34)9-18-14-35-27(37-25(18)20)36-19-5-6-24(39(3)4)21(29)13-19/h9-12,14-15,19,21,24,38H,5-8,13H2,1-4H3,(H,35,36,37)/t19-,21?,24-/m0/s1. The lowest BCUT2D eigenvalue weighted by atomic mass is 9.89. The molecule has 1 fully saturated rings. The highest BCUT2D eigenvalue weighted by molar-refractivity contribution is 7.92. The second kappa shape index (κ2) is 12.2. The van der Waals surface area contributed by atoms with E-state index in [0.717, 1.165) is 24.1 Å². The minimum Gasteiger partial charge on any atom is -0.351 e. The second-order valence-corrected chi connectivity index (χ2v) is 13.0. The Kier molecular flexibility index (Phi) is 9.26. The molecule has 0 bridgehead atoms. The number of nitrogens with one attached hydrogen (secondary N) is 2. The molecule has 0 radical (unpaired) electrons. The quantitative estimate of drug-likeness (QED) is 0.263. The Morgan fingerprint density at radius 1 is 1.05 bits per heavy atom. The maximum atomic E-state index is 14.9. The summed E-state index contributed by atoms with van der Waals surface area (Å²) in [7, 11) is -0.934. The molecule has 2 aromatic carbocycles. The van der Waals surface area contributed by atoms with Crippen molar-refractivity contribution in [1.29, 1.82) is 0 Å². The molecule has 1 unspecified atom stereocenters. The highest BCUT2D eigenvalue weighted by Gasteiger charge is 2.33. The van der Waals surface area contributed by atoms with Gasteiger partial charge in [-0.3, -0.25) is 4.72 Å². The summed E-state index contributed by atoms with van der Waals surface area (Å²) in [5.41, 5.74) is 0.799.